The average Bonchev–Trinajstić information content (AvgIpc) is 2.71. The Morgan fingerprint density at radius 2 is 1.96 bits per heavy atom. The third kappa shape index (κ3) is 6.69. The van der Waals surface area contributed by atoms with Crippen LogP contribution in [0.15, 0.2) is 54.6 Å². The molecule has 0 aliphatic carbocycles. The van der Waals surface area contributed by atoms with E-state index in [0.29, 0.717) is 12.8 Å². The van der Waals surface area contributed by atoms with Crippen LogP contribution in [0.1, 0.15) is 42.5 Å². The van der Waals surface area contributed by atoms with Gasteiger partial charge in [-0.05, 0) is 37.1 Å². The highest BCUT2D eigenvalue weighted by atomic mass is 16.5. The Labute approximate surface area is 156 Å². The number of ketones is 1. The summed E-state index contributed by atoms with van der Waals surface area (Å²) in [6.45, 7) is -4.03. The van der Waals surface area contributed by atoms with Gasteiger partial charge < -0.3 is 15.2 Å². The first-order valence-corrected chi connectivity index (χ1v) is 8.34. The lowest BCUT2D eigenvalue weighted by Crippen LogP contribution is -2.32. The van der Waals surface area contributed by atoms with Gasteiger partial charge in [-0.15, -0.1) is 0 Å². The number of aryl methyl sites for hydroxylation is 1. The monoisotopic (exact) mass is 346 g/mol. The maximum Gasteiger partial charge on any atom is 0.166 e. The van der Waals surface area contributed by atoms with Gasteiger partial charge in [-0.25, -0.2) is 0 Å². The highest BCUT2D eigenvalue weighted by Gasteiger charge is 2.13. The van der Waals surface area contributed by atoms with Crippen molar-refractivity contribution < 1.29 is 21.5 Å². The molecule has 0 saturated carbocycles. The second-order valence-electron chi connectivity index (χ2n) is 5.51. The Kier molecular flexibility index (Phi) is 5.57. The lowest BCUT2D eigenvalue weighted by molar-refractivity contribution is 0.0950. The predicted molar refractivity (Wildman–Crippen MR) is 100 cm³/mol. The second kappa shape index (κ2) is 10.6. The molecule has 0 amide bonds. The van der Waals surface area contributed by atoms with Crippen LogP contribution in [0, 0.1) is 0 Å². The van der Waals surface area contributed by atoms with Crippen LogP contribution in [0.2, 0.25) is 0 Å². The first-order chi connectivity index (χ1) is 14.0. The van der Waals surface area contributed by atoms with E-state index in [-0.39, 0.29) is 30.1 Å². The van der Waals surface area contributed by atoms with E-state index < -0.39 is 19.1 Å². The Morgan fingerprint density at radius 3 is 2.72 bits per heavy atom. The summed E-state index contributed by atoms with van der Waals surface area (Å²) in [7, 11) is 0. The van der Waals surface area contributed by atoms with Gasteiger partial charge in [0.25, 0.3) is 0 Å². The van der Waals surface area contributed by atoms with Crippen LogP contribution in [0.4, 0.5) is 0 Å². The zero-order valence-corrected chi connectivity index (χ0v) is 14.3. The van der Waals surface area contributed by atoms with Gasteiger partial charge >= 0.3 is 0 Å². The quantitative estimate of drug-likeness (QED) is 0.613. The highest BCUT2D eigenvalue weighted by Crippen LogP contribution is 2.20. The molecule has 1 atom stereocenters. The van der Waals surface area contributed by atoms with Crippen molar-refractivity contribution >= 4 is 5.78 Å². The molecular weight excluding hydrogens is 314 g/mol. The molecule has 0 unspecified atom stereocenters. The van der Waals surface area contributed by atoms with Crippen LogP contribution in [-0.4, -0.2) is 36.6 Å². The van der Waals surface area contributed by atoms with Gasteiger partial charge in [0.1, 0.15) is 18.4 Å². The van der Waals surface area contributed by atoms with Crippen molar-refractivity contribution in [1.82, 2.24) is 5.32 Å². The summed E-state index contributed by atoms with van der Waals surface area (Å²) >= 11 is 0. The standard InChI is InChI=1S/C21H27NO3/c1-2-14-22-15-18(23)16-25-21-11-7-6-10-19(21)20(24)13-12-17-8-4-3-5-9-17/h3-11,18,22-23H,2,12-16H2,1H3/t18-/m0/s1/i15D2,16D2,18D. The molecule has 0 fully saturated rings. The van der Waals surface area contributed by atoms with Crippen molar-refractivity contribution in [3.63, 3.8) is 0 Å². The minimum Gasteiger partial charge on any atom is -0.490 e. The lowest BCUT2D eigenvalue weighted by Gasteiger charge is -2.15. The number of carbonyl (C=O) groups is 1. The Morgan fingerprint density at radius 1 is 1.24 bits per heavy atom. The molecule has 4 heteroatoms. The molecule has 2 rings (SSSR count). The SMILES string of the molecule is [2H]C([2H])(NCCC)[C@]([2H])(O)C([2H])([2H])Oc1ccccc1C(=O)CCc1ccccc1. The molecule has 2 aromatic carbocycles. The number of hydrogen-bond acceptors (Lipinski definition) is 4. The van der Waals surface area contributed by atoms with Gasteiger partial charge in [0, 0.05) is 15.7 Å². The summed E-state index contributed by atoms with van der Waals surface area (Å²) in [5.41, 5.74) is 1.09. The summed E-state index contributed by atoms with van der Waals surface area (Å²) in [5.74, 6) is -0.441. The second-order valence-corrected chi connectivity index (χ2v) is 5.51. The number of para-hydroxylation sites is 1. The largest absolute Gasteiger partial charge is 0.490 e. The average molecular weight is 346 g/mol. The molecule has 134 valence electrons. The summed E-state index contributed by atoms with van der Waals surface area (Å²) < 4.78 is 45.1. The maximum atomic E-state index is 12.7. The summed E-state index contributed by atoms with van der Waals surface area (Å²) in [6, 6.07) is 15.4. The van der Waals surface area contributed by atoms with Crippen molar-refractivity contribution in [3.05, 3.63) is 65.7 Å². The summed E-state index contributed by atoms with van der Waals surface area (Å²) in [5, 5.41) is 12.7. The fourth-order valence-electron chi connectivity index (χ4n) is 2.22. The third-order valence-electron chi connectivity index (χ3n) is 3.51. The molecular formula is C21H27NO3. The van der Waals surface area contributed by atoms with Crippen molar-refractivity contribution in [1.29, 1.82) is 0 Å². The number of aliphatic hydroxyl groups is 1. The number of rotatable bonds is 11. The molecule has 25 heavy (non-hydrogen) atoms. The molecule has 0 bridgehead atoms. The minimum absolute atomic E-state index is 0.107. The molecule has 0 spiro atoms. The van der Waals surface area contributed by atoms with Crippen molar-refractivity contribution in [2.24, 2.45) is 0 Å². The highest BCUT2D eigenvalue weighted by molar-refractivity contribution is 5.98. The molecule has 2 aromatic rings. The molecule has 0 heterocycles. The van der Waals surface area contributed by atoms with Crippen molar-refractivity contribution in [3.8, 4) is 5.75 Å². The summed E-state index contributed by atoms with van der Waals surface area (Å²) in [4.78, 5) is 12.7. The van der Waals surface area contributed by atoms with Gasteiger partial charge in [0.2, 0.25) is 0 Å². The topological polar surface area (TPSA) is 58.6 Å². The van der Waals surface area contributed by atoms with E-state index >= 15 is 0 Å². The van der Waals surface area contributed by atoms with Gasteiger partial charge in [0.05, 0.1) is 9.68 Å². The number of benzene rings is 2. The minimum atomic E-state index is -3.28. The Bertz CT molecular complexity index is 844. The first-order valence-electron chi connectivity index (χ1n) is 10.8. The molecule has 0 saturated heterocycles. The van der Waals surface area contributed by atoms with Crippen LogP contribution in [0.5, 0.6) is 5.75 Å². The van der Waals surface area contributed by atoms with Crippen LogP contribution >= 0.6 is 0 Å². The number of carbonyl (C=O) groups excluding carboxylic acids is 1. The van der Waals surface area contributed by atoms with Crippen LogP contribution in [-0.2, 0) is 6.42 Å². The maximum absolute atomic E-state index is 12.7. The van der Waals surface area contributed by atoms with E-state index in [1.54, 1.807) is 13.0 Å². The molecule has 4 nitrogen and oxygen atoms in total. The Balaban J connectivity index is 2.20. The fourth-order valence-corrected chi connectivity index (χ4v) is 2.22. The van der Waals surface area contributed by atoms with E-state index in [1.807, 2.05) is 30.3 Å². The van der Waals surface area contributed by atoms with Crippen LogP contribution in [0.3, 0.4) is 0 Å². The lowest BCUT2D eigenvalue weighted by atomic mass is 10.0. The normalized spacial score (nSPS) is 17.3. The molecule has 2 N–H and O–H groups in total. The zero-order valence-electron chi connectivity index (χ0n) is 19.3. The van der Waals surface area contributed by atoms with Gasteiger partial charge in [-0.2, -0.15) is 0 Å². The van der Waals surface area contributed by atoms with E-state index in [4.69, 9.17) is 11.6 Å². The smallest absolute Gasteiger partial charge is 0.166 e. The van der Waals surface area contributed by atoms with Crippen LogP contribution in [0.25, 0.3) is 0 Å². The van der Waals surface area contributed by atoms with E-state index in [9.17, 15) is 9.90 Å². The summed E-state index contributed by atoms with van der Waals surface area (Å²) in [6.07, 6.45) is -2.10. The predicted octanol–water partition coefficient (Wildman–Crippen LogP) is 3.24. The van der Waals surface area contributed by atoms with Gasteiger partial charge in [0.15, 0.2) is 5.78 Å². The molecule has 0 radical (unpaired) electrons. The zero-order chi connectivity index (χ0) is 22.4. The number of ether oxygens (including phenoxy) is 1. The number of hydrogen-bond donors (Lipinski definition) is 2. The molecule has 0 aliphatic rings. The van der Waals surface area contributed by atoms with E-state index in [0.717, 1.165) is 5.56 Å². The van der Waals surface area contributed by atoms with Gasteiger partial charge in [-0.3, -0.25) is 4.79 Å². The Hall–Kier alpha value is -2.17. The number of nitrogens with one attached hydrogen (secondary N) is 1. The van der Waals surface area contributed by atoms with E-state index in [2.05, 4.69) is 5.32 Å². The van der Waals surface area contributed by atoms with E-state index in [1.165, 1.54) is 18.2 Å². The van der Waals surface area contributed by atoms with Crippen molar-refractivity contribution in [2.45, 2.75) is 32.3 Å². The molecule has 0 aromatic heterocycles. The third-order valence-corrected chi connectivity index (χ3v) is 3.51. The first kappa shape index (κ1) is 13.1. The van der Waals surface area contributed by atoms with Crippen LogP contribution < -0.4 is 10.1 Å². The number of Topliss-reactive ketones (excluding diaryl/α,β-unsaturated/α-hetero) is 1. The molecule has 0 aliphatic heterocycles. The fraction of sp³-hybridized carbons (Fsp3) is 0.381. The van der Waals surface area contributed by atoms with Crippen molar-refractivity contribution in [2.75, 3.05) is 19.6 Å². The van der Waals surface area contributed by atoms with Gasteiger partial charge in [-0.1, -0.05) is 49.4 Å².